The topological polar surface area (TPSA) is 102 Å². The second-order valence-electron chi connectivity index (χ2n) is 6.66. The highest BCUT2D eigenvalue weighted by atomic mass is 16.6. The van der Waals surface area contributed by atoms with Gasteiger partial charge in [-0.2, -0.15) is 0 Å². The van der Waals surface area contributed by atoms with Gasteiger partial charge in [0.15, 0.2) is 6.29 Å². The van der Waals surface area contributed by atoms with Crippen molar-refractivity contribution in [3.05, 3.63) is 29.3 Å². The lowest BCUT2D eigenvalue weighted by Crippen LogP contribution is -2.42. The van der Waals surface area contributed by atoms with Crippen LogP contribution in [-0.4, -0.2) is 42.2 Å². The van der Waals surface area contributed by atoms with Gasteiger partial charge in [-0.25, -0.2) is 9.59 Å². The first-order valence-corrected chi connectivity index (χ1v) is 8.02. The zero-order chi connectivity index (χ0) is 19.0. The standard InChI is InChI=1S/C9H17NO2.C9H8O4/c1-9(2,3)12-8(11)10-7-5-4-6-7;1-13-9(12)8-4-7(11)3-2-6(8)5-10/h7H,4-6H2,1-3H3,(H,10,11);2-5,11H,1H3. The summed E-state index contributed by atoms with van der Waals surface area (Å²) in [6.45, 7) is 5.61. The molecule has 1 aromatic carbocycles. The van der Waals surface area contributed by atoms with E-state index in [4.69, 9.17) is 9.84 Å². The third kappa shape index (κ3) is 7.24. The van der Waals surface area contributed by atoms with Crippen LogP contribution in [0.4, 0.5) is 4.79 Å². The van der Waals surface area contributed by atoms with Crippen LogP contribution in [-0.2, 0) is 9.47 Å². The molecule has 1 fully saturated rings. The molecule has 0 spiro atoms. The van der Waals surface area contributed by atoms with Gasteiger partial charge in [0.2, 0.25) is 0 Å². The molecule has 0 bridgehead atoms. The van der Waals surface area contributed by atoms with Gasteiger partial charge in [-0.15, -0.1) is 0 Å². The molecule has 0 aliphatic heterocycles. The number of rotatable bonds is 3. The van der Waals surface area contributed by atoms with Crippen LogP contribution in [0.3, 0.4) is 0 Å². The summed E-state index contributed by atoms with van der Waals surface area (Å²) in [6.07, 6.45) is 3.66. The summed E-state index contributed by atoms with van der Waals surface area (Å²) < 4.78 is 9.52. The van der Waals surface area contributed by atoms with E-state index in [2.05, 4.69) is 10.1 Å². The number of carbonyl (C=O) groups is 3. The molecule has 0 saturated heterocycles. The van der Waals surface area contributed by atoms with E-state index in [0.717, 1.165) is 12.8 Å². The van der Waals surface area contributed by atoms with Gasteiger partial charge >= 0.3 is 12.1 Å². The Hall–Kier alpha value is -2.57. The zero-order valence-electron chi connectivity index (χ0n) is 15.0. The number of benzene rings is 1. The lowest BCUT2D eigenvalue weighted by atomic mass is 9.93. The molecular formula is C18H25NO6. The van der Waals surface area contributed by atoms with Gasteiger partial charge in [-0.1, -0.05) is 0 Å². The van der Waals surface area contributed by atoms with Crippen LogP contribution in [0.5, 0.6) is 5.75 Å². The number of phenols is 1. The van der Waals surface area contributed by atoms with Crippen LogP contribution in [0.25, 0.3) is 0 Å². The molecule has 0 atom stereocenters. The molecule has 1 saturated carbocycles. The Bertz CT molecular complexity index is 616. The number of hydrogen-bond donors (Lipinski definition) is 2. The van der Waals surface area contributed by atoms with Crippen LogP contribution in [0, 0.1) is 0 Å². The van der Waals surface area contributed by atoms with Crippen molar-refractivity contribution in [3.8, 4) is 5.75 Å². The summed E-state index contributed by atoms with van der Waals surface area (Å²) in [4.78, 5) is 32.7. The van der Waals surface area contributed by atoms with Crippen molar-refractivity contribution in [1.29, 1.82) is 0 Å². The predicted molar refractivity (Wildman–Crippen MR) is 91.8 cm³/mol. The Balaban J connectivity index is 0.000000251. The molecule has 2 N–H and O–H groups in total. The first kappa shape index (κ1) is 20.5. The number of phenolic OH excluding ortho intramolecular Hbond substituents is 1. The predicted octanol–water partition coefficient (Wildman–Crippen LogP) is 3.05. The minimum Gasteiger partial charge on any atom is -0.508 e. The Labute approximate surface area is 147 Å². The number of nitrogens with one attached hydrogen (secondary N) is 1. The highest BCUT2D eigenvalue weighted by Gasteiger charge is 2.22. The van der Waals surface area contributed by atoms with Gasteiger partial charge in [-0.3, -0.25) is 4.79 Å². The number of aromatic hydroxyl groups is 1. The monoisotopic (exact) mass is 351 g/mol. The highest BCUT2D eigenvalue weighted by molar-refractivity contribution is 5.98. The van der Waals surface area contributed by atoms with Crippen molar-refractivity contribution < 1.29 is 29.0 Å². The molecule has 1 aliphatic rings. The number of carbonyl (C=O) groups excluding carboxylic acids is 3. The minimum atomic E-state index is -0.641. The molecule has 0 heterocycles. The average Bonchev–Trinajstić information content (AvgIpc) is 2.49. The number of methoxy groups -OCH3 is 1. The second kappa shape index (κ2) is 9.05. The fraction of sp³-hybridized carbons (Fsp3) is 0.500. The van der Waals surface area contributed by atoms with Crippen molar-refractivity contribution >= 4 is 18.3 Å². The van der Waals surface area contributed by atoms with Crippen molar-refractivity contribution in [2.45, 2.75) is 51.7 Å². The van der Waals surface area contributed by atoms with Gasteiger partial charge in [0.05, 0.1) is 12.7 Å². The normalized spacial score (nSPS) is 13.6. The summed E-state index contributed by atoms with van der Waals surface area (Å²) in [7, 11) is 1.21. The summed E-state index contributed by atoms with van der Waals surface area (Å²) in [5.74, 6) is -0.719. The second-order valence-corrected chi connectivity index (χ2v) is 6.66. The minimum absolute atomic E-state index is 0.0671. The number of alkyl carbamates (subject to hydrolysis) is 1. The van der Waals surface area contributed by atoms with E-state index < -0.39 is 5.97 Å². The molecule has 0 aromatic heterocycles. The van der Waals surface area contributed by atoms with Crippen LogP contribution in [0.15, 0.2) is 18.2 Å². The van der Waals surface area contributed by atoms with Crippen molar-refractivity contribution in [2.75, 3.05) is 7.11 Å². The lowest BCUT2D eigenvalue weighted by Gasteiger charge is -2.28. The maximum Gasteiger partial charge on any atom is 0.407 e. The molecule has 7 nitrogen and oxygen atoms in total. The van der Waals surface area contributed by atoms with Crippen LogP contribution in [0.2, 0.25) is 0 Å². The molecule has 2 rings (SSSR count). The van der Waals surface area contributed by atoms with Crippen LogP contribution < -0.4 is 5.32 Å². The van der Waals surface area contributed by atoms with Gasteiger partial charge in [0.1, 0.15) is 11.4 Å². The molecule has 138 valence electrons. The zero-order valence-corrected chi connectivity index (χ0v) is 15.0. The molecular weight excluding hydrogens is 326 g/mol. The first-order chi connectivity index (χ1) is 11.7. The smallest absolute Gasteiger partial charge is 0.407 e. The summed E-state index contributed by atoms with van der Waals surface area (Å²) in [6, 6.07) is 4.24. The number of esters is 1. The number of hydrogen-bond acceptors (Lipinski definition) is 6. The Morgan fingerprint density at radius 1 is 1.28 bits per heavy atom. The van der Waals surface area contributed by atoms with Crippen molar-refractivity contribution in [1.82, 2.24) is 5.32 Å². The Morgan fingerprint density at radius 3 is 2.36 bits per heavy atom. The first-order valence-electron chi connectivity index (χ1n) is 8.02. The highest BCUT2D eigenvalue weighted by Crippen LogP contribution is 2.18. The summed E-state index contributed by atoms with van der Waals surface area (Å²) in [5.41, 5.74) is -0.115. The SMILES string of the molecule is CC(C)(C)OC(=O)NC1CCC1.COC(=O)c1cc(O)ccc1C=O. The molecule has 25 heavy (non-hydrogen) atoms. The van der Waals surface area contributed by atoms with E-state index in [9.17, 15) is 14.4 Å². The van der Waals surface area contributed by atoms with Gasteiger partial charge < -0.3 is 19.9 Å². The largest absolute Gasteiger partial charge is 0.508 e. The fourth-order valence-electron chi connectivity index (χ4n) is 1.96. The third-order valence-electron chi connectivity index (χ3n) is 3.40. The van der Waals surface area contributed by atoms with E-state index in [1.165, 1.54) is 31.7 Å². The van der Waals surface area contributed by atoms with Gasteiger partial charge in [0, 0.05) is 11.6 Å². The lowest BCUT2D eigenvalue weighted by molar-refractivity contribution is 0.0479. The van der Waals surface area contributed by atoms with E-state index in [1.807, 2.05) is 20.8 Å². The molecule has 7 heteroatoms. The number of amides is 1. The fourth-order valence-corrected chi connectivity index (χ4v) is 1.96. The van der Waals surface area contributed by atoms with Crippen molar-refractivity contribution in [3.63, 3.8) is 0 Å². The number of aldehydes is 1. The third-order valence-corrected chi connectivity index (χ3v) is 3.40. The quantitative estimate of drug-likeness (QED) is 0.641. The van der Waals surface area contributed by atoms with E-state index in [0.29, 0.717) is 12.3 Å². The summed E-state index contributed by atoms with van der Waals surface area (Å²) in [5, 5.41) is 11.9. The van der Waals surface area contributed by atoms with E-state index in [1.54, 1.807) is 0 Å². The molecule has 1 amide bonds. The molecule has 0 radical (unpaired) electrons. The van der Waals surface area contributed by atoms with E-state index >= 15 is 0 Å². The maximum absolute atomic E-state index is 11.1. The van der Waals surface area contributed by atoms with Crippen LogP contribution >= 0.6 is 0 Å². The Kier molecular flexibility index (Phi) is 7.42. The Morgan fingerprint density at radius 2 is 1.92 bits per heavy atom. The average molecular weight is 351 g/mol. The van der Waals surface area contributed by atoms with Crippen LogP contribution in [0.1, 0.15) is 60.7 Å². The molecule has 1 aliphatic carbocycles. The number of ether oxygens (including phenoxy) is 2. The van der Waals surface area contributed by atoms with E-state index in [-0.39, 0.29) is 28.6 Å². The summed E-state index contributed by atoms with van der Waals surface area (Å²) >= 11 is 0. The maximum atomic E-state index is 11.1. The molecule has 0 unspecified atom stereocenters. The molecule has 1 aromatic rings. The van der Waals surface area contributed by atoms with Gasteiger partial charge in [-0.05, 0) is 58.2 Å². The van der Waals surface area contributed by atoms with Gasteiger partial charge in [0.25, 0.3) is 0 Å². The van der Waals surface area contributed by atoms with Crippen molar-refractivity contribution in [2.24, 2.45) is 0 Å².